The second kappa shape index (κ2) is 8.65. The van der Waals surface area contributed by atoms with Gasteiger partial charge in [-0.3, -0.25) is 4.79 Å². The number of hydrogen-bond acceptors (Lipinski definition) is 4. The van der Waals surface area contributed by atoms with E-state index in [0.717, 1.165) is 22.6 Å². The molecule has 5 nitrogen and oxygen atoms in total. The molecular weight excluding hydrogens is 354 g/mol. The van der Waals surface area contributed by atoms with Crippen molar-refractivity contribution in [3.05, 3.63) is 77.0 Å². The first kappa shape index (κ1) is 19.5. The van der Waals surface area contributed by atoms with Gasteiger partial charge in [0.2, 0.25) is 0 Å². The second-order valence-corrected chi connectivity index (χ2v) is 6.93. The van der Waals surface area contributed by atoms with Crippen molar-refractivity contribution in [3.8, 4) is 17.4 Å². The van der Waals surface area contributed by atoms with Gasteiger partial charge in [-0.25, -0.2) is 0 Å². The van der Waals surface area contributed by atoms with Crippen LogP contribution in [-0.4, -0.2) is 13.0 Å². The first-order valence-electron chi connectivity index (χ1n) is 9.25. The topological polar surface area (TPSA) is 60.7 Å². The fourth-order valence-electron chi connectivity index (χ4n) is 2.74. The van der Waals surface area contributed by atoms with Crippen molar-refractivity contribution in [1.29, 1.82) is 0 Å². The summed E-state index contributed by atoms with van der Waals surface area (Å²) in [6.07, 6.45) is 0. The zero-order chi connectivity index (χ0) is 20.1. The number of carbonyl (C=O) groups excluding carboxylic acids is 1. The molecule has 0 radical (unpaired) electrons. The molecule has 3 aromatic rings. The van der Waals surface area contributed by atoms with Gasteiger partial charge in [0.05, 0.1) is 7.11 Å². The number of aryl methyl sites for hydroxylation is 1. The first-order chi connectivity index (χ1) is 13.5. The lowest BCUT2D eigenvalue weighted by atomic mass is 10.0. The van der Waals surface area contributed by atoms with E-state index in [1.54, 1.807) is 19.2 Å². The number of hydrogen-bond donors (Lipinski definition) is 1. The number of carbonyl (C=O) groups is 1. The van der Waals surface area contributed by atoms with Gasteiger partial charge in [0.1, 0.15) is 11.5 Å². The van der Waals surface area contributed by atoms with Crippen LogP contribution in [0.5, 0.6) is 17.4 Å². The summed E-state index contributed by atoms with van der Waals surface area (Å²) in [5, 5.41) is 2.84. The van der Waals surface area contributed by atoms with Crippen LogP contribution in [0.2, 0.25) is 0 Å². The summed E-state index contributed by atoms with van der Waals surface area (Å²) < 4.78 is 16.6. The Balaban J connectivity index is 1.65. The van der Waals surface area contributed by atoms with Gasteiger partial charge in [-0.05, 0) is 53.8 Å². The Morgan fingerprint density at radius 3 is 2.68 bits per heavy atom. The summed E-state index contributed by atoms with van der Waals surface area (Å²) >= 11 is 0. The Hall–Kier alpha value is -3.21. The van der Waals surface area contributed by atoms with Crippen LogP contribution in [-0.2, 0) is 6.54 Å². The van der Waals surface area contributed by atoms with Crippen molar-refractivity contribution in [2.75, 3.05) is 7.11 Å². The summed E-state index contributed by atoms with van der Waals surface area (Å²) in [7, 11) is 1.61. The number of amides is 1. The fourth-order valence-corrected chi connectivity index (χ4v) is 2.74. The molecule has 0 fully saturated rings. The molecule has 2 aromatic carbocycles. The molecule has 1 aromatic heterocycles. The van der Waals surface area contributed by atoms with E-state index in [-0.39, 0.29) is 17.6 Å². The third-order valence-corrected chi connectivity index (χ3v) is 4.48. The molecule has 1 amide bonds. The van der Waals surface area contributed by atoms with E-state index in [0.29, 0.717) is 12.5 Å². The Morgan fingerprint density at radius 1 is 1.11 bits per heavy atom. The van der Waals surface area contributed by atoms with Gasteiger partial charge in [-0.1, -0.05) is 38.1 Å². The zero-order valence-electron chi connectivity index (χ0n) is 16.6. The minimum atomic E-state index is -0.301. The highest BCUT2D eigenvalue weighted by Crippen LogP contribution is 2.29. The van der Waals surface area contributed by atoms with E-state index in [1.807, 2.05) is 43.3 Å². The molecule has 0 saturated carbocycles. The van der Waals surface area contributed by atoms with Crippen molar-refractivity contribution in [1.82, 2.24) is 5.32 Å². The average Bonchev–Trinajstić information content (AvgIpc) is 3.16. The van der Waals surface area contributed by atoms with Crippen LogP contribution in [0.15, 0.2) is 59.0 Å². The summed E-state index contributed by atoms with van der Waals surface area (Å²) in [6, 6.07) is 16.9. The lowest BCUT2D eigenvalue weighted by Gasteiger charge is -2.11. The zero-order valence-corrected chi connectivity index (χ0v) is 16.6. The van der Waals surface area contributed by atoms with Crippen LogP contribution in [0.3, 0.4) is 0 Å². The highest BCUT2D eigenvalue weighted by molar-refractivity contribution is 5.91. The van der Waals surface area contributed by atoms with Gasteiger partial charge >= 0.3 is 0 Å². The lowest BCUT2D eigenvalue weighted by molar-refractivity contribution is 0.0918. The van der Waals surface area contributed by atoms with Crippen molar-refractivity contribution < 1.29 is 18.7 Å². The predicted octanol–water partition coefficient (Wildman–Crippen LogP) is 5.44. The molecule has 0 aliphatic rings. The molecule has 146 valence electrons. The smallest absolute Gasteiger partial charge is 0.290 e. The van der Waals surface area contributed by atoms with Crippen molar-refractivity contribution >= 4 is 5.91 Å². The summed E-state index contributed by atoms with van der Waals surface area (Å²) in [4.78, 5) is 12.4. The van der Waals surface area contributed by atoms with E-state index >= 15 is 0 Å². The molecule has 1 heterocycles. The molecule has 3 rings (SSSR count). The maximum atomic E-state index is 12.4. The minimum Gasteiger partial charge on any atom is -0.497 e. The van der Waals surface area contributed by atoms with Crippen LogP contribution >= 0.6 is 0 Å². The molecule has 0 spiro atoms. The van der Waals surface area contributed by atoms with Gasteiger partial charge in [0.15, 0.2) is 5.76 Å². The molecular formula is C23H25NO4. The molecule has 0 bridgehead atoms. The van der Waals surface area contributed by atoms with E-state index in [9.17, 15) is 4.79 Å². The van der Waals surface area contributed by atoms with Gasteiger partial charge < -0.3 is 19.2 Å². The summed E-state index contributed by atoms with van der Waals surface area (Å²) in [5.41, 5.74) is 3.13. The fraction of sp³-hybridized carbons (Fsp3) is 0.261. The third kappa shape index (κ3) is 4.74. The summed E-state index contributed by atoms with van der Waals surface area (Å²) in [5.74, 6) is 2.07. The first-order valence-corrected chi connectivity index (χ1v) is 9.25. The van der Waals surface area contributed by atoms with Crippen LogP contribution < -0.4 is 14.8 Å². The number of furan rings is 1. The highest BCUT2D eigenvalue weighted by atomic mass is 16.6. The van der Waals surface area contributed by atoms with Crippen LogP contribution in [0, 0.1) is 6.92 Å². The average molecular weight is 379 g/mol. The quantitative estimate of drug-likeness (QED) is 0.594. The number of methoxy groups -OCH3 is 1. The number of rotatable bonds is 7. The third-order valence-electron chi connectivity index (χ3n) is 4.48. The van der Waals surface area contributed by atoms with Gasteiger partial charge in [0, 0.05) is 12.6 Å². The number of nitrogens with one attached hydrogen (secondary N) is 1. The van der Waals surface area contributed by atoms with Gasteiger partial charge in [0.25, 0.3) is 11.9 Å². The standard InChI is InChI=1S/C23H25NO4/c1-15(2)18-9-8-16(3)21(13-18)28-22-11-10-20(27-22)23(25)24-14-17-6-5-7-19(12-17)26-4/h5-13,15H,14H2,1-4H3,(H,24,25). The van der Waals surface area contributed by atoms with Crippen LogP contribution in [0.25, 0.3) is 0 Å². The molecule has 0 aliphatic carbocycles. The Labute approximate surface area is 165 Å². The van der Waals surface area contributed by atoms with Crippen LogP contribution in [0.1, 0.15) is 47.0 Å². The van der Waals surface area contributed by atoms with Crippen LogP contribution in [0.4, 0.5) is 0 Å². The van der Waals surface area contributed by atoms with E-state index in [2.05, 4.69) is 25.2 Å². The SMILES string of the molecule is COc1cccc(CNC(=O)c2ccc(Oc3cc(C(C)C)ccc3C)o2)c1. The lowest BCUT2D eigenvalue weighted by Crippen LogP contribution is -2.22. The monoisotopic (exact) mass is 379 g/mol. The van der Waals surface area contributed by atoms with E-state index in [4.69, 9.17) is 13.9 Å². The Bertz CT molecular complexity index is 959. The second-order valence-electron chi connectivity index (χ2n) is 6.93. The predicted molar refractivity (Wildman–Crippen MR) is 108 cm³/mol. The summed E-state index contributed by atoms with van der Waals surface area (Å²) in [6.45, 7) is 6.62. The largest absolute Gasteiger partial charge is 0.497 e. The van der Waals surface area contributed by atoms with Crippen molar-refractivity contribution in [3.63, 3.8) is 0 Å². The van der Waals surface area contributed by atoms with Crippen molar-refractivity contribution in [2.24, 2.45) is 0 Å². The van der Waals surface area contributed by atoms with E-state index < -0.39 is 0 Å². The molecule has 0 aliphatic heterocycles. The molecule has 0 saturated heterocycles. The van der Waals surface area contributed by atoms with Gasteiger partial charge in [-0.2, -0.15) is 0 Å². The van der Waals surface area contributed by atoms with E-state index in [1.165, 1.54) is 5.56 Å². The molecule has 5 heteroatoms. The normalized spacial score (nSPS) is 10.8. The molecule has 0 atom stereocenters. The molecule has 0 unspecified atom stereocenters. The highest BCUT2D eigenvalue weighted by Gasteiger charge is 2.13. The van der Waals surface area contributed by atoms with Crippen molar-refractivity contribution in [2.45, 2.75) is 33.2 Å². The maximum absolute atomic E-state index is 12.4. The van der Waals surface area contributed by atoms with Gasteiger partial charge in [-0.15, -0.1) is 0 Å². The number of ether oxygens (including phenoxy) is 2. The number of benzene rings is 2. The molecule has 28 heavy (non-hydrogen) atoms. The molecule has 1 N–H and O–H groups in total. The minimum absolute atomic E-state index is 0.204. The Morgan fingerprint density at radius 2 is 1.93 bits per heavy atom. The maximum Gasteiger partial charge on any atom is 0.290 e. The Kier molecular flexibility index (Phi) is 6.04.